The van der Waals surface area contributed by atoms with E-state index in [1.807, 2.05) is 11.9 Å². The first kappa shape index (κ1) is 21.0. The van der Waals surface area contributed by atoms with Gasteiger partial charge in [-0.15, -0.1) is 0 Å². The average molecular weight is 390 g/mol. The van der Waals surface area contributed by atoms with Gasteiger partial charge in [0.2, 0.25) is 0 Å². The van der Waals surface area contributed by atoms with Crippen LogP contribution in [0, 0.1) is 0 Å². The molecule has 1 heterocycles. The van der Waals surface area contributed by atoms with E-state index in [0.29, 0.717) is 6.42 Å². The molecule has 0 bridgehead atoms. The number of nitrogen functional groups attached to an aromatic ring is 1. The number of carbonyl (C=O) groups is 2. The van der Waals surface area contributed by atoms with Gasteiger partial charge in [0.1, 0.15) is 22.7 Å². The molecule has 0 aliphatic carbocycles. The van der Waals surface area contributed by atoms with Crippen molar-refractivity contribution in [2.24, 2.45) is 0 Å². The van der Waals surface area contributed by atoms with Gasteiger partial charge in [-0.1, -0.05) is 25.5 Å². The van der Waals surface area contributed by atoms with Crippen LogP contribution in [0.5, 0.6) is 5.75 Å². The molecule has 0 atom stereocenters. The number of hydrogen-bond acceptors (Lipinski definition) is 7. The maximum atomic E-state index is 12.2. The normalized spacial score (nSPS) is 10.5. The van der Waals surface area contributed by atoms with E-state index in [-0.39, 0.29) is 23.4 Å². The van der Waals surface area contributed by atoms with Crippen molar-refractivity contribution in [3.8, 4) is 16.9 Å². The predicted molar refractivity (Wildman–Crippen MR) is 101 cm³/mol. The van der Waals surface area contributed by atoms with Crippen molar-refractivity contribution in [1.82, 2.24) is 4.98 Å². The third kappa shape index (κ3) is 4.16. The number of H-pyrrole nitrogens is 1. The molecule has 0 amide bonds. The summed E-state index contributed by atoms with van der Waals surface area (Å²) >= 11 is 0. The zero-order chi connectivity index (χ0) is 21.0. The van der Waals surface area contributed by atoms with Crippen molar-refractivity contribution in [3.63, 3.8) is 0 Å². The molecule has 0 fully saturated rings. The van der Waals surface area contributed by atoms with Gasteiger partial charge in [0.15, 0.2) is 0 Å². The molecule has 10 nitrogen and oxygen atoms in total. The van der Waals surface area contributed by atoms with Gasteiger partial charge in [0.25, 0.3) is 5.56 Å². The highest BCUT2D eigenvalue weighted by atomic mass is 16.5. The Bertz CT molecular complexity index is 970. The average Bonchev–Trinajstić information content (AvgIpc) is 2.60. The summed E-state index contributed by atoms with van der Waals surface area (Å²) in [5, 5.41) is 38.0. The highest BCUT2D eigenvalue weighted by Gasteiger charge is 2.29. The summed E-state index contributed by atoms with van der Waals surface area (Å²) in [5.74, 6) is -3.70. The minimum Gasteiger partial charge on any atom is -0.493 e. The number of pyridine rings is 1. The lowest BCUT2D eigenvalue weighted by Crippen LogP contribution is -2.30. The first-order chi connectivity index (χ1) is 13.2. The minimum absolute atomic E-state index is 0.0515. The van der Waals surface area contributed by atoms with Gasteiger partial charge in [-0.2, -0.15) is 0 Å². The van der Waals surface area contributed by atoms with E-state index in [9.17, 15) is 34.6 Å². The maximum absolute atomic E-state index is 12.2. The van der Waals surface area contributed by atoms with Crippen molar-refractivity contribution in [1.29, 1.82) is 0 Å². The number of nitrogens with two attached hydrogens (primary N) is 1. The first-order valence-corrected chi connectivity index (χ1v) is 8.34. The van der Waals surface area contributed by atoms with Crippen LogP contribution in [0.2, 0.25) is 0 Å². The summed E-state index contributed by atoms with van der Waals surface area (Å²) < 4.78 is 5.61. The monoisotopic (exact) mass is 390 g/mol. The molecular weight excluding hydrogens is 371 g/mol. The number of carboxylic acid groups (broad SMARTS) is 2. The summed E-state index contributed by atoms with van der Waals surface area (Å²) in [6.45, 7) is 2.17. The topological polar surface area (TPSA) is 183 Å². The smallest absolute Gasteiger partial charge is 0.488 e. The van der Waals surface area contributed by atoms with Gasteiger partial charge < -0.3 is 35.7 Å². The molecular formula is C17H19BN2O8. The van der Waals surface area contributed by atoms with Crippen LogP contribution in [0.15, 0.2) is 23.0 Å². The second-order valence-electron chi connectivity index (χ2n) is 5.93. The van der Waals surface area contributed by atoms with Crippen molar-refractivity contribution in [3.05, 3.63) is 39.7 Å². The molecule has 1 aromatic carbocycles. The van der Waals surface area contributed by atoms with E-state index in [2.05, 4.69) is 0 Å². The lowest BCUT2D eigenvalue weighted by Gasteiger charge is -2.17. The number of carboxylic acids is 2. The van der Waals surface area contributed by atoms with Crippen molar-refractivity contribution < 1.29 is 34.6 Å². The largest absolute Gasteiger partial charge is 0.493 e. The molecule has 1 aromatic heterocycles. The number of rotatable bonds is 8. The molecule has 7 N–H and O–H groups in total. The number of benzene rings is 1. The molecule has 2 aromatic rings. The van der Waals surface area contributed by atoms with E-state index in [0.717, 1.165) is 12.5 Å². The lowest BCUT2D eigenvalue weighted by molar-refractivity contribution is 0.0695. The van der Waals surface area contributed by atoms with E-state index < -0.39 is 47.1 Å². The Morgan fingerprint density at radius 2 is 1.82 bits per heavy atom. The number of aromatic nitrogens is 1. The van der Waals surface area contributed by atoms with Gasteiger partial charge in [0.05, 0.1) is 6.61 Å². The van der Waals surface area contributed by atoms with E-state index >= 15 is 0 Å². The Kier molecular flexibility index (Phi) is 6.44. The third-order valence-electron chi connectivity index (χ3n) is 4.00. The molecule has 0 aliphatic rings. The second kappa shape index (κ2) is 8.59. The van der Waals surface area contributed by atoms with E-state index in [1.165, 1.54) is 12.1 Å². The summed E-state index contributed by atoms with van der Waals surface area (Å²) in [4.78, 5) is 37.7. The van der Waals surface area contributed by atoms with Crippen LogP contribution in [0.25, 0.3) is 11.1 Å². The highest BCUT2D eigenvalue weighted by Crippen LogP contribution is 2.35. The summed E-state index contributed by atoms with van der Waals surface area (Å²) in [6, 6.07) is 3.82. The Hall–Kier alpha value is -3.31. The molecule has 11 heteroatoms. The van der Waals surface area contributed by atoms with Gasteiger partial charge >= 0.3 is 19.1 Å². The van der Waals surface area contributed by atoms with Crippen LogP contribution in [0.1, 0.15) is 40.5 Å². The Morgan fingerprint density at radius 1 is 1.18 bits per heavy atom. The summed E-state index contributed by atoms with van der Waals surface area (Å²) in [7, 11) is -1.91. The first-order valence-electron chi connectivity index (χ1n) is 8.34. The standard InChI is InChI=1S/C17H19BN2O8/c1-2-3-6-28-10-5-4-8(18(26)27)7-9(10)11-12(16(22)23)14(19)20-15(21)13(11)17(24)25/h4-5,7,26-27H,2-3,6H2,1H3,(H,22,23)(H,24,25)(H3,19,20,21). The molecule has 0 saturated carbocycles. The number of hydrogen-bond donors (Lipinski definition) is 6. The second-order valence-corrected chi connectivity index (χ2v) is 5.93. The molecule has 0 unspecified atom stereocenters. The molecule has 0 aliphatic heterocycles. The number of aromatic carboxylic acids is 2. The fourth-order valence-electron chi connectivity index (χ4n) is 2.67. The van der Waals surface area contributed by atoms with Crippen LogP contribution in [0.3, 0.4) is 0 Å². The minimum atomic E-state index is -1.91. The quantitative estimate of drug-likeness (QED) is 0.264. The number of unbranched alkanes of at least 4 members (excludes halogenated alkanes) is 1. The molecule has 148 valence electrons. The number of ether oxygens (including phenoxy) is 1. The molecule has 0 spiro atoms. The molecule has 0 saturated heterocycles. The van der Waals surface area contributed by atoms with E-state index in [1.54, 1.807) is 0 Å². The van der Waals surface area contributed by atoms with Crippen molar-refractivity contribution >= 4 is 30.3 Å². The Labute approximate surface area is 159 Å². The Balaban J connectivity index is 2.91. The fourth-order valence-corrected chi connectivity index (χ4v) is 2.67. The SMILES string of the molecule is CCCCOc1ccc(B(O)O)cc1-c1c(C(=O)O)c(N)[nH]c(=O)c1C(=O)O. The zero-order valence-corrected chi connectivity index (χ0v) is 14.9. The molecule has 28 heavy (non-hydrogen) atoms. The molecule has 0 radical (unpaired) electrons. The van der Waals surface area contributed by atoms with Crippen LogP contribution in [-0.4, -0.2) is 50.9 Å². The van der Waals surface area contributed by atoms with Gasteiger partial charge in [-0.05, 0) is 17.9 Å². The van der Waals surface area contributed by atoms with Crippen LogP contribution in [0.4, 0.5) is 5.82 Å². The summed E-state index contributed by atoms with van der Waals surface area (Å²) in [6.07, 6.45) is 1.47. The molecule has 2 rings (SSSR count). The number of aromatic amines is 1. The van der Waals surface area contributed by atoms with Crippen LogP contribution < -0.4 is 21.5 Å². The van der Waals surface area contributed by atoms with Crippen molar-refractivity contribution in [2.75, 3.05) is 12.3 Å². The summed E-state index contributed by atoms with van der Waals surface area (Å²) in [5.41, 5.74) is 2.41. The van der Waals surface area contributed by atoms with Gasteiger partial charge in [0, 0.05) is 11.1 Å². The van der Waals surface area contributed by atoms with Gasteiger partial charge in [-0.25, -0.2) is 9.59 Å². The van der Waals surface area contributed by atoms with E-state index in [4.69, 9.17) is 10.5 Å². The van der Waals surface area contributed by atoms with Gasteiger partial charge in [-0.3, -0.25) is 4.79 Å². The maximum Gasteiger partial charge on any atom is 0.488 e. The van der Waals surface area contributed by atoms with Crippen LogP contribution in [-0.2, 0) is 0 Å². The Morgan fingerprint density at radius 3 is 2.36 bits per heavy atom. The fraction of sp³-hybridized carbons (Fsp3) is 0.235. The van der Waals surface area contributed by atoms with Crippen LogP contribution >= 0.6 is 0 Å². The highest BCUT2D eigenvalue weighted by molar-refractivity contribution is 6.58. The van der Waals surface area contributed by atoms with Crippen molar-refractivity contribution in [2.45, 2.75) is 19.8 Å². The number of nitrogens with one attached hydrogen (secondary N) is 1. The lowest BCUT2D eigenvalue weighted by atomic mass is 9.78. The predicted octanol–water partition coefficient (Wildman–Crippen LogP) is -0.121. The number of anilines is 1. The third-order valence-corrected chi connectivity index (χ3v) is 4.00. The zero-order valence-electron chi connectivity index (χ0n) is 14.9.